The third-order valence-electron chi connectivity index (χ3n) is 1.99. The molecular formula is C10H13BrN2O4S. The topological polar surface area (TPSA) is 84.5 Å². The van der Waals surface area contributed by atoms with Gasteiger partial charge in [0.1, 0.15) is 0 Å². The Morgan fingerprint density at radius 3 is 2.44 bits per heavy atom. The molecule has 1 rings (SSSR count). The monoisotopic (exact) mass is 336 g/mol. The number of alkyl halides is 1. The van der Waals surface area contributed by atoms with E-state index in [1.54, 1.807) is 29.0 Å². The molecule has 0 radical (unpaired) electrons. The first-order valence-corrected chi connectivity index (χ1v) is 7.60. The van der Waals surface area contributed by atoms with Crippen LogP contribution < -0.4 is 9.44 Å². The van der Waals surface area contributed by atoms with Gasteiger partial charge in [-0.2, -0.15) is 8.42 Å². The molecule has 18 heavy (non-hydrogen) atoms. The van der Waals surface area contributed by atoms with Crippen molar-refractivity contribution in [1.29, 1.82) is 0 Å². The molecule has 0 atom stereocenters. The van der Waals surface area contributed by atoms with E-state index >= 15 is 0 Å². The SMILES string of the molecule is COC(=O)NS(=O)(=O)Nc1ccc(CCBr)cc1. The number of nitrogens with one attached hydrogen (secondary N) is 2. The second kappa shape index (κ2) is 6.60. The predicted molar refractivity (Wildman–Crippen MR) is 72.0 cm³/mol. The lowest BCUT2D eigenvalue weighted by molar-refractivity contribution is 0.177. The maximum absolute atomic E-state index is 11.4. The number of hydrogen-bond donors (Lipinski definition) is 2. The smallest absolute Gasteiger partial charge is 0.422 e. The fourth-order valence-corrected chi connectivity index (χ4v) is 2.44. The zero-order valence-electron chi connectivity index (χ0n) is 9.64. The summed E-state index contributed by atoms with van der Waals surface area (Å²) < 4.78 is 31.0. The number of carbonyl (C=O) groups excluding carboxylic acids is 1. The fraction of sp³-hybridized carbons (Fsp3) is 0.300. The summed E-state index contributed by atoms with van der Waals surface area (Å²) >= 11 is 3.32. The lowest BCUT2D eigenvalue weighted by atomic mass is 10.2. The number of carbonyl (C=O) groups is 1. The van der Waals surface area contributed by atoms with Crippen LogP contribution >= 0.6 is 15.9 Å². The molecule has 100 valence electrons. The van der Waals surface area contributed by atoms with E-state index in [0.29, 0.717) is 5.69 Å². The second-order valence-corrected chi connectivity index (χ2v) is 5.54. The van der Waals surface area contributed by atoms with Gasteiger partial charge in [0.15, 0.2) is 0 Å². The third kappa shape index (κ3) is 4.92. The van der Waals surface area contributed by atoms with Crippen molar-refractivity contribution in [2.45, 2.75) is 6.42 Å². The fourth-order valence-electron chi connectivity index (χ4n) is 1.18. The Morgan fingerprint density at radius 1 is 1.33 bits per heavy atom. The predicted octanol–water partition coefficient (Wildman–Crippen LogP) is 1.64. The number of aryl methyl sites for hydroxylation is 1. The molecule has 1 aromatic rings. The van der Waals surface area contributed by atoms with Crippen molar-refractivity contribution in [3.63, 3.8) is 0 Å². The van der Waals surface area contributed by atoms with E-state index in [2.05, 4.69) is 25.4 Å². The zero-order chi connectivity index (χ0) is 13.6. The van der Waals surface area contributed by atoms with E-state index in [-0.39, 0.29) is 0 Å². The van der Waals surface area contributed by atoms with Gasteiger partial charge in [0.25, 0.3) is 0 Å². The molecule has 2 N–H and O–H groups in total. The number of methoxy groups -OCH3 is 1. The van der Waals surface area contributed by atoms with Crippen molar-refractivity contribution in [3.05, 3.63) is 29.8 Å². The number of anilines is 1. The van der Waals surface area contributed by atoms with Gasteiger partial charge >= 0.3 is 16.3 Å². The van der Waals surface area contributed by atoms with Crippen LogP contribution in [0.2, 0.25) is 0 Å². The van der Waals surface area contributed by atoms with Crippen LogP contribution in [0.4, 0.5) is 10.5 Å². The molecule has 0 fully saturated rings. The summed E-state index contributed by atoms with van der Waals surface area (Å²) in [4.78, 5) is 10.8. The number of amides is 1. The summed E-state index contributed by atoms with van der Waals surface area (Å²) in [6.45, 7) is 0. The molecule has 0 aliphatic heterocycles. The molecule has 0 bridgehead atoms. The van der Waals surface area contributed by atoms with Crippen LogP contribution in [-0.2, 0) is 21.4 Å². The first-order valence-electron chi connectivity index (χ1n) is 5.00. The Labute approximate surface area is 114 Å². The lowest BCUT2D eigenvalue weighted by Crippen LogP contribution is -2.35. The number of hydrogen-bond acceptors (Lipinski definition) is 4. The summed E-state index contributed by atoms with van der Waals surface area (Å²) in [7, 11) is -2.87. The van der Waals surface area contributed by atoms with Gasteiger partial charge in [0.2, 0.25) is 0 Å². The van der Waals surface area contributed by atoms with Crippen LogP contribution in [0, 0.1) is 0 Å². The van der Waals surface area contributed by atoms with Crippen molar-refractivity contribution in [2.75, 3.05) is 17.2 Å². The van der Waals surface area contributed by atoms with E-state index < -0.39 is 16.3 Å². The van der Waals surface area contributed by atoms with Gasteiger partial charge in [0.05, 0.1) is 12.8 Å². The standard InChI is InChI=1S/C10H13BrN2O4S/c1-17-10(14)13-18(15,16)12-9-4-2-8(3-5-9)6-7-11/h2-5,12H,6-7H2,1H3,(H,13,14). The van der Waals surface area contributed by atoms with E-state index in [1.807, 2.05) is 0 Å². The van der Waals surface area contributed by atoms with Crippen LogP contribution in [0.3, 0.4) is 0 Å². The van der Waals surface area contributed by atoms with Crippen molar-refractivity contribution in [3.8, 4) is 0 Å². The molecule has 6 nitrogen and oxygen atoms in total. The molecule has 0 aromatic heterocycles. The highest BCUT2D eigenvalue weighted by Gasteiger charge is 2.13. The van der Waals surface area contributed by atoms with Crippen LogP contribution in [-0.4, -0.2) is 27.0 Å². The Hall–Kier alpha value is -1.28. The van der Waals surface area contributed by atoms with Crippen LogP contribution in [0.5, 0.6) is 0 Å². The highest BCUT2D eigenvalue weighted by molar-refractivity contribution is 9.09. The molecule has 0 unspecified atom stereocenters. The van der Waals surface area contributed by atoms with Crippen LogP contribution in [0.15, 0.2) is 24.3 Å². The molecule has 0 saturated carbocycles. The maximum atomic E-state index is 11.4. The minimum absolute atomic E-state index is 0.365. The minimum atomic E-state index is -3.95. The largest absolute Gasteiger partial charge is 0.452 e. The van der Waals surface area contributed by atoms with E-state index in [0.717, 1.165) is 24.4 Å². The van der Waals surface area contributed by atoms with Gasteiger partial charge in [-0.1, -0.05) is 28.1 Å². The van der Waals surface area contributed by atoms with Crippen molar-refractivity contribution in [1.82, 2.24) is 4.72 Å². The molecule has 1 aromatic carbocycles. The molecule has 0 spiro atoms. The number of benzene rings is 1. The average molecular weight is 337 g/mol. The molecule has 1 amide bonds. The van der Waals surface area contributed by atoms with Crippen LogP contribution in [0.25, 0.3) is 0 Å². The van der Waals surface area contributed by atoms with E-state index in [1.165, 1.54) is 0 Å². The summed E-state index contributed by atoms with van der Waals surface area (Å²) in [5, 5.41) is 0.835. The summed E-state index contributed by atoms with van der Waals surface area (Å²) in [6.07, 6.45) is -0.189. The zero-order valence-corrected chi connectivity index (χ0v) is 12.0. The number of ether oxygens (including phenoxy) is 1. The molecule has 0 aliphatic rings. The van der Waals surface area contributed by atoms with Gasteiger partial charge in [-0.25, -0.2) is 9.52 Å². The normalized spacial score (nSPS) is 10.8. The Balaban J connectivity index is 2.69. The van der Waals surface area contributed by atoms with E-state index in [4.69, 9.17) is 0 Å². The van der Waals surface area contributed by atoms with Gasteiger partial charge < -0.3 is 4.74 Å². The molecule has 0 saturated heterocycles. The minimum Gasteiger partial charge on any atom is -0.452 e. The van der Waals surface area contributed by atoms with Gasteiger partial charge in [-0.05, 0) is 24.1 Å². The van der Waals surface area contributed by atoms with Crippen molar-refractivity contribution >= 4 is 37.9 Å². The van der Waals surface area contributed by atoms with E-state index in [9.17, 15) is 13.2 Å². The average Bonchev–Trinajstić information content (AvgIpc) is 2.31. The maximum Gasteiger partial charge on any atom is 0.422 e. The molecule has 0 aliphatic carbocycles. The molecule has 8 heteroatoms. The van der Waals surface area contributed by atoms with Crippen molar-refractivity contribution < 1.29 is 17.9 Å². The Bertz CT molecular complexity index is 501. The number of halogens is 1. The Kier molecular flexibility index (Phi) is 5.42. The first kappa shape index (κ1) is 14.8. The highest BCUT2D eigenvalue weighted by atomic mass is 79.9. The quantitative estimate of drug-likeness (QED) is 0.800. The first-order chi connectivity index (χ1) is 8.46. The van der Waals surface area contributed by atoms with Gasteiger partial charge in [-0.3, -0.25) is 4.72 Å². The summed E-state index contributed by atoms with van der Waals surface area (Å²) in [5.41, 5.74) is 1.44. The second-order valence-electron chi connectivity index (χ2n) is 3.34. The van der Waals surface area contributed by atoms with Crippen molar-refractivity contribution in [2.24, 2.45) is 0 Å². The number of rotatable bonds is 5. The highest BCUT2D eigenvalue weighted by Crippen LogP contribution is 2.11. The molecule has 0 heterocycles. The third-order valence-corrected chi connectivity index (χ3v) is 3.33. The Morgan fingerprint density at radius 2 is 1.94 bits per heavy atom. The summed E-state index contributed by atoms with van der Waals surface area (Å²) in [5.74, 6) is 0. The van der Waals surface area contributed by atoms with Gasteiger partial charge in [-0.15, -0.1) is 0 Å². The van der Waals surface area contributed by atoms with Gasteiger partial charge in [0, 0.05) is 5.33 Å². The summed E-state index contributed by atoms with van der Waals surface area (Å²) in [6, 6.07) is 6.84. The van der Waals surface area contributed by atoms with Crippen LogP contribution in [0.1, 0.15) is 5.56 Å². The lowest BCUT2D eigenvalue weighted by Gasteiger charge is -2.08. The molecular weight excluding hydrogens is 324 g/mol.